The SMILES string of the molecule is CC(C)(C)c1ccncc1-c1nc(-c2cccc(Cl)c2)cs1. The molecule has 2 heterocycles. The van der Waals surface area contributed by atoms with Gasteiger partial charge in [-0.05, 0) is 29.2 Å². The highest BCUT2D eigenvalue weighted by atomic mass is 35.5. The largest absolute Gasteiger partial charge is 0.264 e. The molecule has 0 fully saturated rings. The van der Waals surface area contributed by atoms with Crippen molar-refractivity contribution in [3.63, 3.8) is 0 Å². The lowest BCUT2D eigenvalue weighted by atomic mass is 9.85. The van der Waals surface area contributed by atoms with Crippen molar-refractivity contribution >= 4 is 22.9 Å². The molecule has 0 N–H and O–H groups in total. The van der Waals surface area contributed by atoms with E-state index in [0.717, 1.165) is 26.9 Å². The Balaban J connectivity index is 2.06. The number of hydrogen-bond acceptors (Lipinski definition) is 3. The minimum Gasteiger partial charge on any atom is -0.264 e. The Morgan fingerprint density at radius 2 is 1.95 bits per heavy atom. The average molecular weight is 329 g/mol. The van der Waals surface area contributed by atoms with Crippen molar-refractivity contribution in [2.24, 2.45) is 0 Å². The molecule has 0 amide bonds. The zero-order chi connectivity index (χ0) is 15.7. The summed E-state index contributed by atoms with van der Waals surface area (Å²) in [6.45, 7) is 6.62. The average Bonchev–Trinajstić information content (AvgIpc) is 2.96. The van der Waals surface area contributed by atoms with Crippen LogP contribution in [0, 0.1) is 0 Å². The van der Waals surface area contributed by atoms with Crippen molar-refractivity contribution in [3.8, 4) is 21.8 Å². The maximum absolute atomic E-state index is 6.07. The highest BCUT2D eigenvalue weighted by Gasteiger charge is 2.20. The van der Waals surface area contributed by atoms with E-state index in [2.05, 4.69) is 37.2 Å². The Labute approximate surface area is 139 Å². The number of halogens is 1. The molecule has 2 nitrogen and oxygen atoms in total. The highest BCUT2D eigenvalue weighted by molar-refractivity contribution is 7.13. The lowest BCUT2D eigenvalue weighted by Gasteiger charge is -2.21. The van der Waals surface area contributed by atoms with Gasteiger partial charge in [0.2, 0.25) is 0 Å². The van der Waals surface area contributed by atoms with Crippen LogP contribution in [0.3, 0.4) is 0 Å². The number of aromatic nitrogens is 2. The lowest BCUT2D eigenvalue weighted by molar-refractivity contribution is 0.591. The molecule has 0 aliphatic heterocycles. The molecule has 3 aromatic rings. The molecule has 0 saturated carbocycles. The summed E-state index contributed by atoms with van der Waals surface area (Å²) in [5.74, 6) is 0. The maximum atomic E-state index is 6.07. The van der Waals surface area contributed by atoms with E-state index in [1.807, 2.05) is 36.7 Å². The first kappa shape index (κ1) is 15.2. The molecule has 0 bridgehead atoms. The van der Waals surface area contributed by atoms with E-state index < -0.39 is 0 Å². The summed E-state index contributed by atoms with van der Waals surface area (Å²) < 4.78 is 0. The highest BCUT2D eigenvalue weighted by Crippen LogP contribution is 2.35. The van der Waals surface area contributed by atoms with Crippen molar-refractivity contribution in [1.82, 2.24) is 9.97 Å². The molecule has 22 heavy (non-hydrogen) atoms. The Morgan fingerprint density at radius 3 is 2.68 bits per heavy atom. The molecule has 1 aromatic carbocycles. The van der Waals surface area contributed by atoms with Crippen molar-refractivity contribution < 1.29 is 0 Å². The predicted molar refractivity (Wildman–Crippen MR) is 94.5 cm³/mol. The summed E-state index contributed by atoms with van der Waals surface area (Å²) in [5.41, 5.74) is 4.41. The first-order chi connectivity index (χ1) is 10.4. The van der Waals surface area contributed by atoms with Gasteiger partial charge in [0.1, 0.15) is 5.01 Å². The molecule has 4 heteroatoms. The van der Waals surface area contributed by atoms with Crippen LogP contribution in [-0.2, 0) is 5.41 Å². The molecular formula is C18H17ClN2S. The first-order valence-electron chi connectivity index (χ1n) is 7.11. The van der Waals surface area contributed by atoms with Gasteiger partial charge < -0.3 is 0 Å². The van der Waals surface area contributed by atoms with Crippen LogP contribution in [-0.4, -0.2) is 9.97 Å². The molecule has 0 unspecified atom stereocenters. The standard InChI is InChI=1S/C18H17ClN2S/c1-18(2,3)15-7-8-20-10-14(15)17-21-16(11-22-17)12-5-4-6-13(19)9-12/h4-11H,1-3H3. The third kappa shape index (κ3) is 3.06. The quantitative estimate of drug-likeness (QED) is 0.592. The molecule has 112 valence electrons. The van der Waals surface area contributed by atoms with Gasteiger partial charge in [-0.1, -0.05) is 44.5 Å². The molecule has 0 spiro atoms. The smallest absolute Gasteiger partial charge is 0.125 e. The number of rotatable bonds is 2. The van der Waals surface area contributed by atoms with Gasteiger partial charge in [0, 0.05) is 33.9 Å². The van der Waals surface area contributed by atoms with Gasteiger partial charge >= 0.3 is 0 Å². The molecule has 0 saturated heterocycles. The van der Waals surface area contributed by atoms with Gasteiger partial charge in [-0.15, -0.1) is 11.3 Å². The van der Waals surface area contributed by atoms with Gasteiger partial charge in [-0.25, -0.2) is 4.98 Å². The Hall–Kier alpha value is -1.71. The fourth-order valence-corrected chi connectivity index (χ4v) is 3.44. The summed E-state index contributed by atoms with van der Waals surface area (Å²) in [5, 5.41) is 3.79. The Bertz CT molecular complexity index is 803. The second-order valence-corrected chi connectivity index (χ2v) is 7.51. The van der Waals surface area contributed by atoms with Crippen molar-refractivity contribution in [1.29, 1.82) is 0 Å². The molecule has 0 aliphatic rings. The van der Waals surface area contributed by atoms with E-state index in [1.54, 1.807) is 11.3 Å². The number of hydrogen-bond donors (Lipinski definition) is 0. The summed E-state index contributed by atoms with van der Waals surface area (Å²) in [6.07, 6.45) is 3.75. The van der Waals surface area contributed by atoms with Crippen LogP contribution in [0.2, 0.25) is 5.02 Å². The third-order valence-electron chi connectivity index (χ3n) is 3.48. The van der Waals surface area contributed by atoms with E-state index in [9.17, 15) is 0 Å². The van der Waals surface area contributed by atoms with E-state index >= 15 is 0 Å². The second kappa shape index (κ2) is 5.82. The van der Waals surface area contributed by atoms with Crippen LogP contribution >= 0.6 is 22.9 Å². The predicted octanol–water partition coefficient (Wildman–Crippen LogP) is 5.82. The van der Waals surface area contributed by atoms with Gasteiger partial charge in [0.25, 0.3) is 0 Å². The molecule has 2 aromatic heterocycles. The van der Waals surface area contributed by atoms with Crippen molar-refractivity contribution in [2.75, 3.05) is 0 Å². The number of nitrogens with zero attached hydrogens (tertiary/aromatic N) is 2. The molecule has 0 aliphatic carbocycles. The topological polar surface area (TPSA) is 25.8 Å². The fourth-order valence-electron chi connectivity index (χ4n) is 2.40. The fraction of sp³-hybridized carbons (Fsp3) is 0.222. The molecule has 3 rings (SSSR count). The monoisotopic (exact) mass is 328 g/mol. The molecule has 0 atom stereocenters. The van der Waals surface area contributed by atoms with E-state index in [-0.39, 0.29) is 5.41 Å². The summed E-state index contributed by atoms with van der Waals surface area (Å²) in [6, 6.07) is 9.86. The van der Waals surface area contributed by atoms with Gasteiger partial charge in [-0.3, -0.25) is 4.98 Å². The summed E-state index contributed by atoms with van der Waals surface area (Å²) in [4.78, 5) is 9.06. The third-order valence-corrected chi connectivity index (χ3v) is 4.59. The minimum absolute atomic E-state index is 0.0557. The van der Waals surface area contributed by atoms with Crippen LogP contribution in [0.25, 0.3) is 21.8 Å². The van der Waals surface area contributed by atoms with E-state index in [4.69, 9.17) is 16.6 Å². The Morgan fingerprint density at radius 1 is 1.14 bits per heavy atom. The van der Waals surface area contributed by atoms with E-state index in [0.29, 0.717) is 0 Å². The normalized spacial score (nSPS) is 11.6. The lowest BCUT2D eigenvalue weighted by Crippen LogP contribution is -2.12. The van der Waals surface area contributed by atoms with Crippen LogP contribution in [0.4, 0.5) is 0 Å². The van der Waals surface area contributed by atoms with Crippen LogP contribution < -0.4 is 0 Å². The van der Waals surface area contributed by atoms with Gasteiger partial charge in [0.05, 0.1) is 5.69 Å². The van der Waals surface area contributed by atoms with Gasteiger partial charge in [0.15, 0.2) is 0 Å². The number of pyridine rings is 1. The van der Waals surface area contributed by atoms with Crippen molar-refractivity contribution in [2.45, 2.75) is 26.2 Å². The van der Waals surface area contributed by atoms with Crippen LogP contribution in [0.15, 0.2) is 48.1 Å². The second-order valence-electron chi connectivity index (χ2n) is 6.22. The Kier molecular flexibility index (Phi) is 4.02. The van der Waals surface area contributed by atoms with Gasteiger partial charge in [-0.2, -0.15) is 0 Å². The molecule has 0 radical (unpaired) electrons. The number of thiazole rings is 1. The summed E-state index contributed by atoms with van der Waals surface area (Å²) >= 11 is 7.71. The first-order valence-corrected chi connectivity index (χ1v) is 8.37. The van der Waals surface area contributed by atoms with E-state index in [1.165, 1.54) is 5.56 Å². The zero-order valence-corrected chi connectivity index (χ0v) is 14.4. The van der Waals surface area contributed by atoms with Crippen LogP contribution in [0.1, 0.15) is 26.3 Å². The van der Waals surface area contributed by atoms with Crippen molar-refractivity contribution in [3.05, 3.63) is 58.7 Å². The minimum atomic E-state index is 0.0557. The van der Waals surface area contributed by atoms with Crippen LogP contribution in [0.5, 0.6) is 0 Å². The zero-order valence-electron chi connectivity index (χ0n) is 12.8. The molecular weight excluding hydrogens is 312 g/mol. The maximum Gasteiger partial charge on any atom is 0.125 e. The summed E-state index contributed by atoms with van der Waals surface area (Å²) in [7, 11) is 0. The number of benzene rings is 1.